The van der Waals surface area contributed by atoms with E-state index in [2.05, 4.69) is 4.18 Å². The van der Waals surface area contributed by atoms with Crippen LogP contribution in [0.1, 0.15) is 67.2 Å². The van der Waals surface area contributed by atoms with Crippen LogP contribution in [0.4, 0.5) is 0 Å². The van der Waals surface area contributed by atoms with Gasteiger partial charge in [0, 0.05) is 24.2 Å². The number of hydrogen-bond acceptors (Lipinski definition) is 11. The number of aliphatic hydroxyl groups is 6. The van der Waals surface area contributed by atoms with Crippen molar-refractivity contribution in [3.8, 4) is 0 Å². The Bertz CT molecular complexity index is 1070. The lowest BCUT2D eigenvalue weighted by molar-refractivity contribution is -0.264. The molecule has 0 aromatic heterocycles. The summed E-state index contributed by atoms with van der Waals surface area (Å²) >= 11 is 0. The molecule has 4 aliphatic rings. The second kappa shape index (κ2) is 10.8. The van der Waals surface area contributed by atoms with Crippen molar-refractivity contribution >= 4 is 16.2 Å². The smallest absolute Gasteiger partial charge is 0.217 e. The third kappa shape index (κ3) is 4.98. The highest BCUT2D eigenvalue weighted by Crippen LogP contribution is 2.67. The minimum atomic E-state index is -5.21. The maximum Gasteiger partial charge on any atom is 0.217 e. The summed E-state index contributed by atoms with van der Waals surface area (Å²) in [5, 5.41) is 66.4. The maximum absolute atomic E-state index is 13.7. The van der Waals surface area contributed by atoms with Gasteiger partial charge in [-0.15, -0.1) is 0 Å². The predicted molar refractivity (Wildman–Crippen MR) is 141 cm³/mol. The van der Waals surface area contributed by atoms with E-state index in [1.165, 1.54) is 0 Å². The van der Waals surface area contributed by atoms with E-state index in [1.807, 2.05) is 34.6 Å². The molecule has 0 unspecified atom stereocenters. The van der Waals surface area contributed by atoms with E-state index < -0.39 is 93.5 Å². The first kappa shape index (κ1) is 32.2. The van der Waals surface area contributed by atoms with Gasteiger partial charge in [-0.1, -0.05) is 41.5 Å². The number of rotatable bonds is 7. The molecule has 0 saturated heterocycles. The minimum absolute atomic E-state index is 0.104. The zero-order valence-electron chi connectivity index (χ0n) is 24.1. The van der Waals surface area contributed by atoms with Gasteiger partial charge in [0.25, 0.3) is 0 Å². The van der Waals surface area contributed by atoms with Crippen LogP contribution in [0.2, 0.25) is 0 Å². The standard InChI is InChI=1S/C28H48O11S/c1-11(2)12(3)21(30)22(31)13(4)15-9-16(29)19-18-14(7-8-27(15,19)5)28(6)10-17(39-40(36,37)38)23(32)25(34)20(28)26(35)24(18)33/h11-15,17-26,30-35H,7-10H2,1-6H3,(H,36,37,38)/p-1/t12-,13-,14-,15+,17-,18+,19+,20+,21+,22+,23+,24+,25-,26+,27+,28+/m0/s1. The lowest BCUT2D eigenvalue weighted by atomic mass is 9.42. The zero-order valence-corrected chi connectivity index (χ0v) is 24.9. The monoisotopic (exact) mass is 591 g/mol. The molecule has 4 saturated carbocycles. The van der Waals surface area contributed by atoms with Gasteiger partial charge in [-0.2, -0.15) is 0 Å². The van der Waals surface area contributed by atoms with Crippen molar-refractivity contribution in [3.05, 3.63) is 0 Å². The molecule has 0 amide bonds. The number of Topliss-reactive ketones (excluding diaryl/α,β-unsaturated/α-hetero) is 1. The lowest BCUT2D eigenvalue weighted by Crippen LogP contribution is -2.70. The molecule has 232 valence electrons. The van der Waals surface area contributed by atoms with Crippen molar-refractivity contribution in [2.24, 2.45) is 58.2 Å². The molecule has 0 spiro atoms. The first-order chi connectivity index (χ1) is 18.3. The van der Waals surface area contributed by atoms with Crippen molar-refractivity contribution < 1.29 is 52.6 Å². The summed E-state index contributed by atoms with van der Waals surface area (Å²) in [5.74, 6) is -3.75. The molecule has 0 aromatic rings. The number of aliphatic hydroxyl groups excluding tert-OH is 6. The summed E-state index contributed by atoms with van der Waals surface area (Å²) in [5.41, 5.74) is -1.71. The SMILES string of the molecule is CC(C)[C@H](C)[C@@H](O)[C@H](O)[C@@H](C)[C@H]1CC(=O)[C@@H]2[C@@H]3[C@@H](O)[C@H](O)[C@H]4[C@H](O)[C@H](O)[C@@H](OS(=O)(=O)[O-])C[C@]4(C)[C@H]3CC[C@]12C. The van der Waals surface area contributed by atoms with Crippen LogP contribution in [0.25, 0.3) is 0 Å². The van der Waals surface area contributed by atoms with Crippen molar-refractivity contribution in [1.82, 2.24) is 0 Å². The Morgan fingerprint density at radius 2 is 1.50 bits per heavy atom. The van der Waals surface area contributed by atoms with E-state index in [0.717, 1.165) is 0 Å². The van der Waals surface area contributed by atoms with E-state index >= 15 is 0 Å². The third-order valence-electron chi connectivity index (χ3n) is 12.0. The van der Waals surface area contributed by atoms with E-state index in [0.29, 0.717) is 12.8 Å². The minimum Gasteiger partial charge on any atom is -0.726 e. The average molecular weight is 592 g/mol. The van der Waals surface area contributed by atoms with Gasteiger partial charge < -0.3 is 35.2 Å². The molecule has 4 rings (SSSR count). The largest absolute Gasteiger partial charge is 0.726 e. The van der Waals surface area contributed by atoms with Crippen LogP contribution in [0.5, 0.6) is 0 Å². The molecule has 4 aliphatic carbocycles. The zero-order chi connectivity index (χ0) is 30.3. The van der Waals surface area contributed by atoms with E-state index in [4.69, 9.17) is 0 Å². The number of ketones is 1. The summed E-state index contributed by atoms with van der Waals surface area (Å²) in [6.07, 6.45) is -8.97. The number of fused-ring (bicyclic) bond motifs is 5. The van der Waals surface area contributed by atoms with Crippen molar-refractivity contribution in [1.29, 1.82) is 0 Å². The Kier molecular flexibility index (Phi) is 8.68. The summed E-state index contributed by atoms with van der Waals surface area (Å²) in [6, 6.07) is 0. The molecule has 4 fully saturated rings. The van der Waals surface area contributed by atoms with Gasteiger partial charge in [0.05, 0.1) is 30.5 Å². The summed E-state index contributed by atoms with van der Waals surface area (Å²) < 4.78 is 38.8. The Balaban J connectivity index is 1.68. The first-order valence-corrected chi connectivity index (χ1v) is 15.9. The van der Waals surface area contributed by atoms with Crippen LogP contribution in [0.15, 0.2) is 0 Å². The molecular weight excluding hydrogens is 544 g/mol. The Hall–Kier alpha value is -0.700. The molecule has 0 aromatic carbocycles. The molecule has 12 heteroatoms. The highest BCUT2D eigenvalue weighted by atomic mass is 32.3. The second-order valence-electron chi connectivity index (χ2n) is 14.2. The summed E-state index contributed by atoms with van der Waals surface area (Å²) in [4.78, 5) is 13.7. The molecular formula is C28H47O11S-. The van der Waals surface area contributed by atoms with E-state index in [-0.39, 0.29) is 36.4 Å². The fourth-order valence-electron chi connectivity index (χ4n) is 9.49. The molecule has 16 atom stereocenters. The predicted octanol–water partition coefficient (Wildman–Crippen LogP) is 0.203. The van der Waals surface area contributed by atoms with Gasteiger partial charge in [-0.05, 0) is 59.7 Å². The van der Waals surface area contributed by atoms with E-state index in [9.17, 15) is 48.4 Å². The Morgan fingerprint density at radius 1 is 0.925 bits per heavy atom. The normalized spacial score (nSPS) is 48.6. The Morgan fingerprint density at radius 3 is 2.05 bits per heavy atom. The molecule has 0 radical (unpaired) electrons. The van der Waals surface area contributed by atoms with Crippen molar-refractivity contribution in [2.75, 3.05) is 0 Å². The van der Waals surface area contributed by atoms with Crippen LogP contribution < -0.4 is 0 Å². The lowest BCUT2D eigenvalue weighted by Gasteiger charge is -2.64. The summed E-state index contributed by atoms with van der Waals surface area (Å²) in [7, 11) is -5.21. The van der Waals surface area contributed by atoms with Gasteiger partial charge in [-0.3, -0.25) is 8.98 Å². The molecule has 6 N–H and O–H groups in total. The molecule has 0 bridgehead atoms. The topological polar surface area (TPSA) is 205 Å². The van der Waals surface area contributed by atoms with E-state index in [1.54, 1.807) is 6.92 Å². The summed E-state index contributed by atoms with van der Waals surface area (Å²) in [6.45, 7) is 11.3. The van der Waals surface area contributed by atoms with Gasteiger partial charge in [0.15, 0.2) is 0 Å². The van der Waals surface area contributed by atoms with Gasteiger partial charge in [0.2, 0.25) is 10.4 Å². The van der Waals surface area contributed by atoms with Crippen LogP contribution in [-0.2, 0) is 19.4 Å². The average Bonchev–Trinajstić information content (AvgIpc) is 3.12. The second-order valence-corrected chi connectivity index (χ2v) is 15.2. The van der Waals surface area contributed by atoms with Crippen molar-refractivity contribution in [3.63, 3.8) is 0 Å². The number of carbonyl (C=O) groups excluding carboxylic acids is 1. The Labute approximate surface area is 236 Å². The first-order valence-electron chi connectivity index (χ1n) is 14.5. The molecule has 0 heterocycles. The molecule has 0 aliphatic heterocycles. The van der Waals surface area contributed by atoms with Gasteiger partial charge in [-0.25, -0.2) is 8.42 Å². The maximum atomic E-state index is 13.7. The number of hydrogen-bond donors (Lipinski definition) is 6. The van der Waals surface area contributed by atoms with Crippen LogP contribution >= 0.6 is 0 Å². The van der Waals surface area contributed by atoms with Crippen LogP contribution in [0.3, 0.4) is 0 Å². The fraction of sp³-hybridized carbons (Fsp3) is 0.964. The quantitative estimate of drug-likeness (QED) is 0.174. The fourth-order valence-corrected chi connectivity index (χ4v) is 9.98. The highest BCUT2D eigenvalue weighted by Gasteiger charge is 2.70. The number of carbonyl (C=O) groups is 1. The van der Waals surface area contributed by atoms with Crippen molar-refractivity contribution in [2.45, 2.75) is 110 Å². The third-order valence-corrected chi connectivity index (χ3v) is 12.5. The highest BCUT2D eigenvalue weighted by molar-refractivity contribution is 7.80. The van der Waals surface area contributed by atoms with Gasteiger partial charge >= 0.3 is 0 Å². The van der Waals surface area contributed by atoms with Gasteiger partial charge in [0.1, 0.15) is 18.0 Å². The van der Waals surface area contributed by atoms with Crippen LogP contribution in [-0.4, -0.2) is 92.1 Å². The van der Waals surface area contributed by atoms with Crippen LogP contribution in [0, 0.1) is 58.2 Å². The molecule has 11 nitrogen and oxygen atoms in total. The molecule has 40 heavy (non-hydrogen) atoms.